The van der Waals surface area contributed by atoms with E-state index in [1.54, 1.807) is 16.7 Å². The SMILES string of the molecule is BCCCCc1ccc2c(c1)CC2. The summed E-state index contributed by atoms with van der Waals surface area (Å²) in [6, 6.07) is 7.04. The molecule has 0 aromatic heterocycles. The van der Waals surface area contributed by atoms with Crippen molar-refractivity contribution in [1.82, 2.24) is 0 Å². The number of rotatable bonds is 4. The van der Waals surface area contributed by atoms with Crippen molar-refractivity contribution in [2.75, 3.05) is 0 Å². The van der Waals surface area contributed by atoms with Crippen LogP contribution in [-0.2, 0) is 19.3 Å². The second kappa shape index (κ2) is 4.00. The molecule has 0 saturated heterocycles. The molecule has 0 fully saturated rings. The summed E-state index contributed by atoms with van der Waals surface area (Å²) < 4.78 is 0. The van der Waals surface area contributed by atoms with E-state index in [-0.39, 0.29) is 0 Å². The van der Waals surface area contributed by atoms with Gasteiger partial charge in [0.2, 0.25) is 0 Å². The minimum absolute atomic E-state index is 1.28. The maximum absolute atomic E-state index is 2.41. The van der Waals surface area contributed by atoms with Gasteiger partial charge in [0.05, 0.1) is 0 Å². The zero-order valence-corrected chi connectivity index (χ0v) is 8.47. The number of fused-ring (bicyclic) bond motifs is 1. The van der Waals surface area contributed by atoms with E-state index < -0.39 is 0 Å². The van der Waals surface area contributed by atoms with Gasteiger partial charge in [0, 0.05) is 0 Å². The number of benzene rings is 1. The van der Waals surface area contributed by atoms with Crippen LogP contribution in [0.15, 0.2) is 18.2 Å². The molecule has 1 aliphatic carbocycles. The van der Waals surface area contributed by atoms with E-state index in [0.717, 1.165) is 0 Å². The lowest BCUT2D eigenvalue weighted by Gasteiger charge is -2.19. The highest BCUT2D eigenvalue weighted by Crippen LogP contribution is 2.24. The van der Waals surface area contributed by atoms with Crippen molar-refractivity contribution in [3.05, 3.63) is 34.9 Å². The van der Waals surface area contributed by atoms with Gasteiger partial charge in [0.25, 0.3) is 0 Å². The number of hydrogen-bond donors (Lipinski definition) is 0. The summed E-state index contributed by atoms with van der Waals surface area (Å²) in [5.41, 5.74) is 4.74. The van der Waals surface area contributed by atoms with E-state index >= 15 is 0 Å². The van der Waals surface area contributed by atoms with Crippen molar-refractivity contribution in [3.63, 3.8) is 0 Å². The normalized spacial score (nSPS) is 13.5. The summed E-state index contributed by atoms with van der Waals surface area (Å²) in [4.78, 5) is 0. The van der Waals surface area contributed by atoms with Gasteiger partial charge in [0.15, 0.2) is 0 Å². The molecule has 1 heteroatoms. The zero-order chi connectivity index (χ0) is 9.10. The monoisotopic (exact) mass is 172 g/mol. The molecule has 0 aliphatic heterocycles. The van der Waals surface area contributed by atoms with Crippen LogP contribution >= 0.6 is 0 Å². The Balaban J connectivity index is 1.93. The fourth-order valence-corrected chi connectivity index (χ4v) is 1.98. The summed E-state index contributed by atoms with van der Waals surface area (Å²) in [7, 11) is 2.26. The molecule has 0 N–H and O–H groups in total. The van der Waals surface area contributed by atoms with Crippen LogP contribution in [0.5, 0.6) is 0 Å². The summed E-state index contributed by atoms with van der Waals surface area (Å²) in [5, 5.41) is 0. The molecule has 68 valence electrons. The Kier molecular flexibility index (Phi) is 2.72. The minimum Gasteiger partial charge on any atom is -0.0810 e. The average molecular weight is 172 g/mol. The van der Waals surface area contributed by atoms with Crippen LogP contribution in [0.25, 0.3) is 0 Å². The molecule has 1 aromatic carbocycles. The van der Waals surface area contributed by atoms with Crippen molar-refractivity contribution in [3.8, 4) is 0 Å². The minimum atomic E-state index is 1.28. The van der Waals surface area contributed by atoms with E-state index in [0.29, 0.717) is 0 Å². The highest BCUT2D eigenvalue weighted by Gasteiger charge is 2.11. The average Bonchev–Trinajstić information content (AvgIpc) is 2.10. The summed E-state index contributed by atoms with van der Waals surface area (Å²) in [6.45, 7) is 0. The van der Waals surface area contributed by atoms with Gasteiger partial charge in [-0.1, -0.05) is 30.9 Å². The predicted octanol–water partition coefficient (Wildman–Crippen LogP) is 2.16. The number of aryl methyl sites for hydroxylation is 3. The Morgan fingerprint density at radius 2 is 1.92 bits per heavy atom. The van der Waals surface area contributed by atoms with Crippen molar-refractivity contribution < 1.29 is 0 Å². The van der Waals surface area contributed by atoms with Gasteiger partial charge >= 0.3 is 0 Å². The van der Waals surface area contributed by atoms with Gasteiger partial charge in [-0.15, -0.1) is 0 Å². The van der Waals surface area contributed by atoms with Crippen LogP contribution in [0.1, 0.15) is 29.5 Å². The number of unbranched alkanes of at least 4 members (excludes halogenated alkanes) is 1. The molecule has 13 heavy (non-hydrogen) atoms. The molecular formula is C12H17B. The summed E-state index contributed by atoms with van der Waals surface area (Å²) in [5.74, 6) is 0. The molecule has 0 heterocycles. The second-order valence-electron chi connectivity index (χ2n) is 4.06. The molecule has 0 saturated carbocycles. The Morgan fingerprint density at radius 1 is 1.08 bits per heavy atom. The van der Waals surface area contributed by atoms with Gasteiger partial charge in [-0.3, -0.25) is 0 Å². The highest BCUT2D eigenvalue weighted by molar-refractivity contribution is 6.08. The first-order valence-electron chi connectivity index (χ1n) is 5.51. The maximum atomic E-state index is 2.41. The third kappa shape index (κ3) is 1.96. The predicted molar refractivity (Wildman–Crippen MR) is 60.1 cm³/mol. The first-order chi connectivity index (χ1) is 6.40. The molecule has 0 amide bonds. The molecule has 0 spiro atoms. The fourth-order valence-electron chi connectivity index (χ4n) is 1.98. The van der Waals surface area contributed by atoms with E-state index in [2.05, 4.69) is 26.0 Å². The van der Waals surface area contributed by atoms with Crippen LogP contribution in [0.2, 0.25) is 6.32 Å². The third-order valence-electron chi connectivity index (χ3n) is 3.00. The highest BCUT2D eigenvalue weighted by atomic mass is 14.2. The smallest absolute Gasteiger partial charge is 0.0810 e. The van der Waals surface area contributed by atoms with Gasteiger partial charge in [0.1, 0.15) is 7.85 Å². The van der Waals surface area contributed by atoms with Crippen LogP contribution < -0.4 is 0 Å². The molecular weight excluding hydrogens is 155 g/mol. The van der Waals surface area contributed by atoms with Crippen LogP contribution in [-0.4, -0.2) is 7.85 Å². The molecule has 0 bridgehead atoms. The van der Waals surface area contributed by atoms with E-state index in [1.165, 1.54) is 38.4 Å². The van der Waals surface area contributed by atoms with Crippen molar-refractivity contribution in [2.45, 2.75) is 38.4 Å². The van der Waals surface area contributed by atoms with Gasteiger partial charge < -0.3 is 0 Å². The molecule has 1 aliphatic rings. The summed E-state index contributed by atoms with van der Waals surface area (Å²) >= 11 is 0. The maximum Gasteiger partial charge on any atom is 0.101 e. The fraction of sp³-hybridized carbons (Fsp3) is 0.500. The Bertz CT molecular complexity index is 291. The molecule has 1 aromatic rings. The lowest BCUT2D eigenvalue weighted by atomic mass is 9.86. The number of hydrogen-bond acceptors (Lipinski definition) is 0. The Labute approximate surface area is 81.8 Å². The topological polar surface area (TPSA) is 0 Å². The lowest BCUT2D eigenvalue weighted by molar-refractivity contribution is 0.781. The first-order valence-corrected chi connectivity index (χ1v) is 5.51. The standard InChI is InChI=1S/C12H17B/c13-8-2-1-3-10-4-5-11-6-7-12(11)9-10/h4-5,9H,1-3,6-8,13H2. The second-order valence-corrected chi connectivity index (χ2v) is 4.06. The molecule has 0 unspecified atom stereocenters. The van der Waals surface area contributed by atoms with Crippen LogP contribution in [0.3, 0.4) is 0 Å². The van der Waals surface area contributed by atoms with Crippen molar-refractivity contribution in [1.29, 1.82) is 0 Å². The third-order valence-corrected chi connectivity index (χ3v) is 3.00. The van der Waals surface area contributed by atoms with Crippen molar-refractivity contribution >= 4 is 7.85 Å². The van der Waals surface area contributed by atoms with E-state index in [4.69, 9.17) is 0 Å². The Hall–Kier alpha value is -0.715. The van der Waals surface area contributed by atoms with E-state index in [9.17, 15) is 0 Å². The van der Waals surface area contributed by atoms with Gasteiger partial charge in [-0.05, 0) is 42.4 Å². The molecule has 0 nitrogen and oxygen atoms in total. The van der Waals surface area contributed by atoms with Crippen LogP contribution in [0, 0.1) is 0 Å². The molecule has 2 rings (SSSR count). The lowest BCUT2D eigenvalue weighted by Crippen LogP contribution is -2.08. The molecule has 0 radical (unpaired) electrons. The van der Waals surface area contributed by atoms with Crippen LogP contribution in [0.4, 0.5) is 0 Å². The quantitative estimate of drug-likeness (QED) is 0.482. The van der Waals surface area contributed by atoms with Crippen molar-refractivity contribution in [2.24, 2.45) is 0 Å². The van der Waals surface area contributed by atoms with Gasteiger partial charge in [-0.2, -0.15) is 0 Å². The Morgan fingerprint density at radius 3 is 2.54 bits per heavy atom. The zero-order valence-electron chi connectivity index (χ0n) is 8.47. The molecule has 0 atom stereocenters. The largest absolute Gasteiger partial charge is 0.101 e. The first kappa shape index (κ1) is 8.86. The van der Waals surface area contributed by atoms with Gasteiger partial charge in [-0.25, -0.2) is 0 Å². The summed E-state index contributed by atoms with van der Waals surface area (Å²) in [6.07, 6.45) is 7.96. The van der Waals surface area contributed by atoms with E-state index in [1.807, 2.05) is 0 Å².